The van der Waals surface area contributed by atoms with E-state index < -0.39 is 0 Å². The van der Waals surface area contributed by atoms with Crippen LogP contribution in [0.4, 0.5) is 0 Å². The summed E-state index contributed by atoms with van der Waals surface area (Å²) in [6.07, 6.45) is 0. The molecule has 0 radical (unpaired) electrons. The molecule has 0 aliphatic heterocycles. The standard InChI is InChI=1S/C15H10N2/c1-11-5-2-3-7-13(11)14-8-4-6-12(9-16)15(14)10-17/h2-8H,1H3. The lowest BCUT2D eigenvalue weighted by atomic mass is 9.94. The molecule has 0 unspecified atom stereocenters. The molecule has 0 heterocycles. The van der Waals surface area contributed by atoms with Gasteiger partial charge in [-0.1, -0.05) is 36.4 Å². The topological polar surface area (TPSA) is 47.6 Å². The van der Waals surface area contributed by atoms with Gasteiger partial charge in [-0.2, -0.15) is 10.5 Å². The minimum absolute atomic E-state index is 0.424. The maximum absolute atomic E-state index is 9.18. The normalized spacial score (nSPS) is 9.35. The van der Waals surface area contributed by atoms with Crippen molar-refractivity contribution in [1.82, 2.24) is 0 Å². The zero-order valence-corrected chi connectivity index (χ0v) is 9.44. The second-order valence-electron chi connectivity index (χ2n) is 3.77. The molecule has 0 spiro atoms. The molecule has 17 heavy (non-hydrogen) atoms. The lowest BCUT2D eigenvalue weighted by molar-refractivity contribution is 1.40. The molecule has 2 heteroatoms. The summed E-state index contributed by atoms with van der Waals surface area (Å²) in [5.74, 6) is 0. The maximum Gasteiger partial charge on any atom is 0.101 e. The second-order valence-corrected chi connectivity index (χ2v) is 3.77. The van der Waals surface area contributed by atoms with E-state index in [2.05, 4.69) is 12.1 Å². The highest BCUT2D eigenvalue weighted by molar-refractivity contribution is 5.75. The Morgan fingerprint density at radius 2 is 1.53 bits per heavy atom. The van der Waals surface area contributed by atoms with Crippen molar-refractivity contribution in [2.24, 2.45) is 0 Å². The first kappa shape index (κ1) is 10.9. The summed E-state index contributed by atoms with van der Waals surface area (Å²) in [4.78, 5) is 0. The molecule has 0 aromatic heterocycles. The highest BCUT2D eigenvalue weighted by atomic mass is 14.3. The van der Waals surface area contributed by atoms with E-state index in [-0.39, 0.29) is 0 Å². The minimum Gasteiger partial charge on any atom is -0.192 e. The lowest BCUT2D eigenvalue weighted by Gasteiger charge is -2.08. The van der Waals surface area contributed by atoms with Crippen LogP contribution < -0.4 is 0 Å². The van der Waals surface area contributed by atoms with Gasteiger partial charge in [-0.05, 0) is 24.1 Å². The predicted molar refractivity (Wildman–Crippen MR) is 66.0 cm³/mol. The monoisotopic (exact) mass is 218 g/mol. The SMILES string of the molecule is Cc1ccccc1-c1cccc(C#N)c1C#N. The third-order valence-electron chi connectivity index (χ3n) is 2.73. The molecular formula is C15H10N2. The molecule has 2 aromatic rings. The van der Waals surface area contributed by atoms with E-state index in [1.807, 2.05) is 37.3 Å². The van der Waals surface area contributed by atoms with Crippen LogP contribution in [0.15, 0.2) is 42.5 Å². The number of hydrogen-bond donors (Lipinski definition) is 0. The van der Waals surface area contributed by atoms with E-state index in [4.69, 9.17) is 5.26 Å². The van der Waals surface area contributed by atoms with Crippen molar-refractivity contribution >= 4 is 0 Å². The first-order chi connectivity index (χ1) is 8.27. The van der Waals surface area contributed by atoms with Crippen LogP contribution >= 0.6 is 0 Å². The predicted octanol–water partition coefficient (Wildman–Crippen LogP) is 3.41. The Morgan fingerprint density at radius 1 is 0.824 bits per heavy atom. The molecular weight excluding hydrogens is 208 g/mol. The molecule has 0 bridgehead atoms. The molecule has 0 N–H and O–H groups in total. The third kappa shape index (κ3) is 1.89. The average Bonchev–Trinajstić information content (AvgIpc) is 2.38. The fourth-order valence-corrected chi connectivity index (χ4v) is 1.87. The van der Waals surface area contributed by atoms with E-state index in [1.54, 1.807) is 12.1 Å². The summed E-state index contributed by atoms with van der Waals surface area (Å²) in [6, 6.07) is 17.4. The number of aryl methyl sites for hydroxylation is 1. The molecule has 0 fully saturated rings. The largest absolute Gasteiger partial charge is 0.192 e. The van der Waals surface area contributed by atoms with Gasteiger partial charge in [-0.15, -0.1) is 0 Å². The molecule has 0 amide bonds. The fraction of sp³-hybridized carbons (Fsp3) is 0.0667. The third-order valence-corrected chi connectivity index (χ3v) is 2.73. The van der Waals surface area contributed by atoms with Crippen molar-refractivity contribution in [2.45, 2.75) is 6.92 Å². The quantitative estimate of drug-likeness (QED) is 0.736. The van der Waals surface area contributed by atoms with Crippen molar-refractivity contribution in [3.05, 3.63) is 59.2 Å². The number of nitrogens with zero attached hydrogens (tertiary/aromatic N) is 2. The highest BCUT2D eigenvalue weighted by Gasteiger charge is 2.10. The number of nitriles is 2. The number of benzene rings is 2. The molecule has 0 atom stereocenters. The molecule has 0 aliphatic rings. The van der Waals surface area contributed by atoms with Crippen LogP contribution in [0.3, 0.4) is 0 Å². The van der Waals surface area contributed by atoms with Crippen molar-refractivity contribution in [1.29, 1.82) is 10.5 Å². The Labute approximate surface area is 100 Å². The van der Waals surface area contributed by atoms with Crippen LogP contribution in [0.1, 0.15) is 16.7 Å². The Kier molecular flexibility index (Phi) is 2.90. The van der Waals surface area contributed by atoms with Gasteiger partial charge in [0.05, 0.1) is 11.1 Å². The zero-order valence-electron chi connectivity index (χ0n) is 9.44. The minimum atomic E-state index is 0.424. The highest BCUT2D eigenvalue weighted by Crippen LogP contribution is 2.28. The fourth-order valence-electron chi connectivity index (χ4n) is 1.87. The molecule has 2 nitrogen and oxygen atoms in total. The number of hydrogen-bond acceptors (Lipinski definition) is 2. The van der Waals surface area contributed by atoms with Gasteiger partial charge >= 0.3 is 0 Å². The summed E-state index contributed by atoms with van der Waals surface area (Å²) in [5, 5.41) is 18.2. The summed E-state index contributed by atoms with van der Waals surface area (Å²) < 4.78 is 0. The Morgan fingerprint density at radius 3 is 2.18 bits per heavy atom. The molecule has 0 saturated carbocycles. The molecule has 2 rings (SSSR count). The van der Waals surface area contributed by atoms with Gasteiger partial charge in [-0.3, -0.25) is 0 Å². The Bertz CT molecular complexity index is 643. The van der Waals surface area contributed by atoms with Crippen LogP contribution in [0.25, 0.3) is 11.1 Å². The van der Waals surface area contributed by atoms with Crippen LogP contribution in [-0.4, -0.2) is 0 Å². The first-order valence-corrected chi connectivity index (χ1v) is 5.27. The van der Waals surface area contributed by atoms with E-state index in [1.165, 1.54) is 0 Å². The summed E-state index contributed by atoms with van der Waals surface area (Å²) in [5.41, 5.74) is 3.79. The van der Waals surface area contributed by atoms with Crippen LogP contribution in [0.2, 0.25) is 0 Å². The summed E-state index contributed by atoms with van der Waals surface area (Å²) in [6.45, 7) is 2.00. The van der Waals surface area contributed by atoms with Gasteiger partial charge in [0.25, 0.3) is 0 Å². The Hall–Kier alpha value is -2.58. The Balaban J connectivity index is 2.75. The number of rotatable bonds is 1. The van der Waals surface area contributed by atoms with Crippen molar-refractivity contribution in [3.63, 3.8) is 0 Å². The molecule has 2 aromatic carbocycles. The zero-order chi connectivity index (χ0) is 12.3. The van der Waals surface area contributed by atoms with Crippen molar-refractivity contribution in [3.8, 4) is 23.3 Å². The maximum atomic E-state index is 9.18. The second kappa shape index (κ2) is 4.51. The van der Waals surface area contributed by atoms with Crippen LogP contribution in [-0.2, 0) is 0 Å². The van der Waals surface area contributed by atoms with Gasteiger partial charge in [0.15, 0.2) is 0 Å². The molecule has 80 valence electrons. The summed E-state index contributed by atoms with van der Waals surface area (Å²) in [7, 11) is 0. The average molecular weight is 218 g/mol. The van der Waals surface area contributed by atoms with Crippen LogP contribution in [0.5, 0.6) is 0 Å². The summed E-state index contributed by atoms with van der Waals surface area (Å²) >= 11 is 0. The smallest absolute Gasteiger partial charge is 0.101 e. The van der Waals surface area contributed by atoms with E-state index >= 15 is 0 Å². The van der Waals surface area contributed by atoms with Crippen molar-refractivity contribution in [2.75, 3.05) is 0 Å². The van der Waals surface area contributed by atoms with Gasteiger partial charge in [-0.25, -0.2) is 0 Å². The van der Waals surface area contributed by atoms with Gasteiger partial charge in [0.2, 0.25) is 0 Å². The molecule has 0 aliphatic carbocycles. The van der Waals surface area contributed by atoms with Gasteiger partial charge in [0, 0.05) is 5.56 Å². The van der Waals surface area contributed by atoms with Crippen LogP contribution in [0, 0.1) is 29.6 Å². The van der Waals surface area contributed by atoms with Gasteiger partial charge < -0.3 is 0 Å². The van der Waals surface area contributed by atoms with Gasteiger partial charge in [0.1, 0.15) is 12.1 Å². The van der Waals surface area contributed by atoms with E-state index in [0.29, 0.717) is 11.1 Å². The molecule has 0 saturated heterocycles. The van der Waals surface area contributed by atoms with E-state index in [0.717, 1.165) is 16.7 Å². The van der Waals surface area contributed by atoms with Crippen molar-refractivity contribution < 1.29 is 0 Å². The van der Waals surface area contributed by atoms with E-state index in [9.17, 15) is 5.26 Å². The lowest BCUT2D eigenvalue weighted by Crippen LogP contribution is -1.91. The first-order valence-electron chi connectivity index (χ1n) is 5.27.